The van der Waals surface area contributed by atoms with E-state index in [0.29, 0.717) is 12.3 Å². The Morgan fingerprint density at radius 1 is 0.923 bits per heavy atom. The predicted octanol–water partition coefficient (Wildman–Crippen LogP) is 8.30. The van der Waals surface area contributed by atoms with Crippen molar-refractivity contribution in [2.75, 3.05) is 16.8 Å². The molecule has 31 heteroatoms. The Balaban J connectivity index is 1.34. The van der Waals surface area contributed by atoms with Gasteiger partial charge in [-0.1, -0.05) is 35.7 Å². The Hall–Kier alpha value is -6.57. The van der Waals surface area contributed by atoms with Crippen LogP contribution in [0.25, 0.3) is 22.0 Å². The lowest BCUT2D eigenvalue weighted by Crippen LogP contribution is -2.38. The van der Waals surface area contributed by atoms with E-state index in [1.807, 2.05) is 0 Å². The Bertz CT molecular complexity index is 3780. The van der Waals surface area contributed by atoms with Crippen LogP contribution in [0.5, 0.6) is 5.75 Å². The number of rotatable bonds is 15. The van der Waals surface area contributed by atoms with Crippen molar-refractivity contribution < 1.29 is 89.2 Å². The molecule has 17 nitrogen and oxygen atoms in total. The molecule has 416 valence electrons. The average molecular weight is 1180 g/mol. The maximum Gasteiger partial charge on any atom is 0.524 e. The van der Waals surface area contributed by atoms with E-state index in [1.54, 1.807) is 0 Å². The molecule has 0 radical (unpaired) electrons. The van der Waals surface area contributed by atoms with Crippen molar-refractivity contribution in [1.29, 1.82) is 0 Å². The topological polar surface area (TPSA) is 233 Å². The molecule has 0 bridgehead atoms. The third kappa shape index (κ3) is 12.0. The minimum Gasteiger partial charge on any atom is -0.404 e. The monoisotopic (exact) mass is 1180 g/mol. The van der Waals surface area contributed by atoms with Crippen molar-refractivity contribution in [3.63, 3.8) is 0 Å². The molecule has 1 fully saturated rings. The highest BCUT2D eigenvalue weighted by Gasteiger charge is 2.68. The molecule has 3 N–H and O–H groups in total. The normalized spacial score (nSPS) is 16.7. The summed E-state index contributed by atoms with van der Waals surface area (Å²) in [7, 11) is -13.9. The summed E-state index contributed by atoms with van der Waals surface area (Å²) < 4.78 is 215. The number of sulfonamides is 1. The van der Waals surface area contributed by atoms with E-state index in [0.717, 1.165) is 66.9 Å². The zero-order chi connectivity index (χ0) is 57.6. The lowest BCUT2D eigenvalue weighted by atomic mass is 9.93. The number of pyridine rings is 1. The fourth-order valence-electron chi connectivity index (χ4n) is 8.91. The molecule has 2 aliphatic carbocycles. The average Bonchev–Trinajstić information content (AvgIpc) is 3.86. The number of alkyl halides is 8. The standard InChI is InChI=1S/C47H39ClF10N7O10PS2/c1-44(2,77(3,71)72)14-13-27-7-10-29(39(59-27)34(17-24-15-25(49)19-26(50)16-24)60-35(66)21-63-42-37(41(61-63)47(56,57)58)31-20-32(31)46(42,54)55)30-11-12-33(48)38-40(30)64(22-45(51,52)53)62-43(38)65(78(4,73)74)36(67)18-23-5-8-28(9-6-23)75-76(68,69)70/h5-12,15-16,19,31-32,34H,17-18,20-22H2,1-4H3,(H,60,66)(H2,68,69,70)/t31-,32?,34-/m0/s1. The van der Waals surface area contributed by atoms with Gasteiger partial charge in [-0.25, -0.2) is 35.2 Å². The van der Waals surface area contributed by atoms with Crippen LogP contribution in [0.15, 0.2) is 66.7 Å². The second kappa shape index (κ2) is 20.0. The van der Waals surface area contributed by atoms with Gasteiger partial charge in [0.1, 0.15) is 46.6 Å². The van der Waals surface area contributed by atoms with Gasteiger partial charge in [-0.05, 0) is 92.1 Å². The summed E-state index contributed by atoms with van der Waals surface area (Å²) in [5.41, 5.74) is -6.18. The van der Waals surface area contributed by atoms with Gasteiger partial charge in [0, 0.05) is 34.9 Å². The Morgan fingerprint density at radius 3 is 2.13 bits per heavy atom. The third-order valence-electron chi connectivity index (χ3n) is 12.6. The number of phosphoric acid groups is 1. The van der Waals surface area contributed by atoms with Gasteiger partial charge >= 0.3 is 20.2 Å². The smallest absolute Gasteiger partial charge is 0.404 e. The number of carbonyl (C=O) groups is 2. The number of halogens is 11. The molecule has 6 aromatic rings. The summed E-state index contributed by atoms with van der Waals surface area (Å²) in [4.78, 5) is 51.2. The number of aromatic nitrogens is 5. The van der Waals surface area contributed by atoms with Crippen molar-refractivity contribution in [3.8, 4) is 28.7 Å². The number of anilines is 1. The van der Waals surface area contributed by atoms with Crippen molar-refractivity contribution in [3.05, 3.63) is 123 Å². The van der Waals surface area contributed by atoms with Gasteiger partial charge in [0.15, 0.2) is 21.3 Å². The lowest BCUT2D eigenvalue weighted by Gasteiger charge is -2.23. The maximum atomic E-state index is 15.6. The van der Waals surface area contributed by atoms with Gasteiger partial charge in [0.2, 0.25) is 21.8 Å². The summed E-state index contributed by atoms with van der Waals surface area (Å²) in [6.45, 7) is -0.916. The minimum absolute atomic E-state index is 0.00863. The van der Waals surface area contributed by atoms with Gasteiger partial charge in [-0.2, -0.15) is 49.6 Å². The maximum absolute atomic E-state index is 15.6. The van der Waals surface area contributed by atoms with Crippen LogP contribution in [-0.2, 0) is 72.0 Å². The number of nitrogens with one attached hydrogen (secondary N) is 1. The molecule has 0 saturated heterocycles. The lowest BCUT2D eigenvalue weighted by molar-refractivity contribution is -0.143. The van der Waals surface area contributed by atoms with Crippen LogP contribution in [0.2, 0.25) is 5.02 Å². The predicted molar refractivity (Wildman–Crippen MR) is 258 cm³/mol. The fourth-order valence-corrected chi connectivity index (χ4v) is 10.7. The molecule has 2 amide bonds. The SMILES string of the molecule is CC(C)(C#Cc1ccc(-c2ccc(Cl)c3c(N(C(=O)Cc4ccc(OP(=O)(O)O)cc4)S(C)(=O)=O)nn(CC(F)(F)F)c23)c([C@H](Cc2cc(F)cc(F)c2)NC(=O)Cn2nc(C(F)(F)F)c3c2C(F)(F)C2C[C@H]32)n1)S(C)(=O)=O. The quantitative estimate of drug-likeness (QED) is 0.0500. The molecule has 0 spiro atoms. The third-order valence-corrected chi connectivity index (χ3v) is 16.3. The summed E-state index contributed by atoms with van der Waals surface area (Å²) in [5, 5.41) is 8.59. The number of benzene rings is 3. The highest BCUT2D eigenvalue weighted by molar-refractivity contribution is 7.93. The van der Waals surface area contributed by atoms with Crippen molar-refractivity contribution >= 4 is 67.8 Å². The number of hydrogen-bond donors (Lipinski definition) is 3. The molecule has 3 heterocycles. The largest absolute Gasteiger partial charge is 0.524 e. The highest BCUT2D eigenvalue weighted by atomic mass is 35.5. The molecule has 3 aromatic heterocycles. The van der Waals surface area contributed by atoms with Crippen molar-refractivity contribution in [1.82, 2.24) is 29.9 Å². The van der Waals surface area contributed by atoms with E-state index in [9.17, 15) is 66.1 Å². The summed E-state index contributed by atoms with van der Waals surface area (Å²) in [6, 6.07) is 8.84. The number of sulfone groups is 1. The van der Waals surface area contributed by atoms with Gasteiger partial charge < -0.3 is 9.84 Å². The van der Waals surface area contributed by atoms with Gasteiger partial charge in [-0.15, -0.1) is 0 Å². The number of fused-ring (bicyclic) bond motifs is 4. The van der Waals surface area contributed by atoms with Crippen LogP contribution in [0, 0.1) is 29.4 Å². The minimum atomic E-state index is -5.25. The molecule has 1 unspecified atom stereocenters. The second-order valence-corrected chi connectivity index (χ2v) is 24.8. The van der Waals surface area contributed by atoms with E-state index >= 15 is 8.78 Å². The zero-order valence-corrected chi connectivity index (χ0v) is 43.7. The first-order valence-electron chi connectivity index (χ1n) is 22.5. The number of carbonyl (C=O) groups excluding carboxylic acids is 2. The van der Waals surface area contributed by atoms with Crippen LogP contribution < -0.4 is 14.1 Å². The number of nitrogens with zero attached hydrogens (tertiary/aromatic N) is 6. The van der Waals surface area contributed by atoms with E-state index in [4.69, 9.17) is 21.4 Å². The number of phosphoric ester groups is 1. The van der Waals surface area contributed by atoms with E-state index < -0.39 is 168 Å². The summed E-state index contributed by atoms with van der Waals surface area (Å²) >= 11 is 6.68. The molecule has 78 heavy (non-hydrogen) atoms. The first kappa shape index (κ1) is 57.6. The van der Waals surface area contributed by atoms with E-state index in [1.165, 1.54) is 13.8 Å². The molecule has 1 saturated carbocycles. The van der Waals surface area contributed by atoms with Crippen LogP contribution in [0.4, 0.5) is 49.7 Å². The molecule has 3 atom stereocenters. The molecule has 0 aliphatic heterocycles. The van der Waals surface area contributed by atoms with E-state index in [2.05, 4.69) is 36.9 Å². The van der Waals surface area contributed by atoms with Crippen LogP contribution in [-0.4, -0.2) is 86.4 Å². The van der Waals surface area contributed by atoms with Crippen LogP contribution in [0.1, 0.15) is 71.7 Å². The highest BCUT2D eigenvalue weighted by Crippen LogP contribution is 2.68. The Kier molecular flexibility index (Phi) is 14.7. The summed E-state index contributed by atoms with van der Waals surface area (Å²) in [5.74, 6) is -7.94. The first-order valence-corrected chi connectivity index (χ1v) is 28.2. The molecule has 2 aliphatic rings. The van der Waals surface area contributed by atoms with Crippen molar-refractivity contribution in [2.24, 2.45) is 5.92 Å². The second-order valence-electron chi connectivity index (χ2n) is 18.8. The van der Waals surface area contributed by atoms with Crippen molar-refractivity contribution in [2.45, 2.75) is 81.2 Å². The summed E-state index contributed by atoms with van der Waals surface area (Å²) in [6.07, 6.45) is -10.9. The van der Waals surface area contributed by atoms with Gasteiger partial charge in [0.25, 0.3) is 5.92 Å². The van der Waals surface area contributed by atoms with E-state index in [-0.39, 0.29) is 48.2 Å². The van der Waals surface area contributed by atoms with Gasteiger partial charge in [0.05, 0.1) is 40.3 Å². The molecular weight excluding hydrogens is 1140 g/mol. The van der Waals surface area contributed by atoms with Crippen LogP contribution in [0.3, 0.4) is 0 Å². The van der Waals surface area contributed by atoms with Crippen LogP contribution >= 0.6 is 19.4 Å². The molecule has 3 aromatic carbocycles. The Labute approximate surface area is 440 Å². The Morgan fingerprint density at radius 2 is 1.55 bits per heavy atom. The van der Waals surface area contributed by atoms with Gasteiger partial charge in [-0.3, -0.25) is 28.7 Å². The fraction of sp³-hybridized carbons (Fsp3) is 0.340. The first-order chi connectivity index (χ1) is 35.8. The molecule has 8 rings (SSSR count). The number of hydrogen-bond acceptors (Lipinski definition) is 11. The number of amides is 2. The molecular formula is C47H39ClF10N7O10PS2. The zero-order valence-electron chi connectivity index (χ0n) is 40.4.